The molecule has 1 fully saturated rings. The minimum atomic E-state index is -0.565. The van der Waals surface area contributed by atoms with Crippen LogP contribution in [0.15, 0.2) is 24.3 Å². The number of hydrogen-bond acceptors (Lipinski definition) is 5. The summed E-state index contributed by atoms with van der Waals surface area (Å²) in [4.78, 5) is 11.2. The van der Waals surface area contributed by atoms with Crippen LogP contribution in [0.4, 0.5) is 4.79 Å². The van der Waals surface area contributed by atoms with E-state index in [1.807, 2.05) is 12.1 Å². The first-order valence-electron chi connectivity index (χ1n) is 6.59. The molecule has 2 rings (SSSR count). The molecule has 3 unspecified atom stereocenters. The van der Waals surface area contributed by atoms with Crippen molar-refractivity contribution in [2.45, 2.75) is 31.6 Å². The van der Waals surface area contributed by atoms with Gasteiger partial charge >= 0.3 is 6.09 Å². The first kappa shape index (κ1) is 14.6. The van der Waals surface area contributed by atoms with Gasteiger partial charge in [0.2, 0.25) is 0 Å². The Labute approximate surface area is 117 Å². The average Bonchev–Trinajstić information content (AvgIpc) is 2.80. The second-order valence-corrected chi connectivity index (χ2v) is 4.80. The molecule has 1 amide bonds. The largest absolute Gasteiger partial charge is 0.493 e. The summed E-state index contributed by atoms with van der Waals surface area (Å²) in [5.74, 6) is 0.695. The summed E-state index contributed by atoms with van der Waals surface area (Å²) in [5, 5.41) is 21.0. The highest BCUT2D eigenvalue weighted by Crippen LogP contribution is 2.26. The number of nitrogens with one attached hydrogen (secondary N) is 1. The smallest absolute Gasteiger partial charge is 0.408 e. The lowest BCUT2D eigenvalue weighted by atomic mass is 10.0. The highest BCUT2D eigenvalue weighted by atomic mass is 16.6. The van der Waals surface area contributed by atoms with Gasteiger partial charge in [-0.25, -0.2) is 4.79 Å². The Bertz CT molecular complexity index is 445. The summed E-state index contributed by atoms with van der Waals surface area (Å²) in [6.07, 6.45) is -0.901. The van der Waals surface area contributed by atoms with Crippen LogP contribution in [0.5, 0.6) is 5.75 Å². The van der Waals surface area contributed by atoms with Crippen molar-refractivity contribution < 1.29 is 24.5 Å². The Morgan fingerprint density at radius 3 is 2.70 bits per heavy atom. The number of alkyl carbamates (subject to hydrolysis) is 1. The lowest BCUT2D eigenvalue weighted by Crippen LogP contribution is -2.24. The molecule has 3 atom stereocenters. The zero-order chi connectivity index (χ0) is 14.5. The van der Waals surface area contributed by atoms with Crippen molar-refractivity contribution in [3.05, 3.63) is 29.8 Å². The van der Waals surface area contributed by atoms with E-state index in [0.717, 1.165) is 5.56 Å². The van der Waals surface area contributed by atoms with Gasteiger partial charge in [0.15, 0.2) is 6.10 Å². The molecular weight excluding hydrogens is 262 g/mol. The topological polar surface area (TPSA) is 88.0 Å². The van der Waals surface area contributed by atoms with Crippen LogP contribution in [0.2, 0.25) is 0 Å². The van der Waals surface area contributed by atoms with Crippen LogP contribution in [-0.2, 0) is 4.74 Å². The van der Waals surface area contributed by atoms with Gasteiger partial charge in [0.05, 0.1) is 25.4 Å². The molecule has 1 aromatic rings. The first-order chi connectivity index (χ1) is 9.60. The standard InChI is InChI=1S/C14H19NO5/c1-9(17)6-7-19-11-4-2-10(3-5-11)13-12(8-16)20-14(18)15-13/h2-5,9,12-13,16-17H,6-8H2,1H3,(H,15,18). The molecule has 20 heavy (non-hydrogen) atoms. The van der Waals surface area contributed by atoms with Crippen LogP contribution in [0.3, 0.4) is 0 Å². The molecule has 0 radical (unpaired) electrons. The number of benzene rings is 1. The van der Waals surface area contributed by atoms with E-state index in [0.29, 0.717) is 18.8 Å². The van der Waals surface area contributed by atoms with E-state index in [1.165, 1.54) is 0 Å². The third kappa shape index (κ3) is 3.61. The van der Waals surface area contributed by atoms with Gasteiger partial charge < -0.3 is 25.0 Å². The Balaban J connectivity index is 1.95. The second kappa shape index (κ2) is 6.58. The second-order valence-electron chi connectivity index (χ2n) is 4.80. The fraction of sp³-hybridized carbons (Fsp3) is 0.500. The molecule has 1 saturated heterocycles. The number of cyclic esters (lactones) is 1. The van der Waals surface area contributed by atoms with Gasteiger partial charge in [-0.3, -0.25) is 0 Å². The Hall–Kier alpha value is -1.79. The quantitative estimate of drug-likeness (QED) is 0.723. The molecule has 110 valence electrons. The summed E-state index contributed by atoms with van der Waals surface area (Å²) in [7, 11) is 0. The van der Waals surface area contributed by atoms with Crippen LogP contribution in [0.25, 0.3) is 0 Å². The van der Waals surface area contributed by atoms with E-state index < -0.39 is 12.2 Å². The lowest BCUT2D eigenvalue weighted by Gasteiger charge is -2.15. The molecule has 6 nitrogen and oxygen atoms in total. The number of ether oxygens (including phenoxy) is 2. The lowest BCUT2D eigenvalue weighted by molar-refractivity contribution is 0.0829. The van der Waals surface area contributed by atoms with Crippen LogP contribution < -0.4 is 10.1 Å². The highest BCUT2D eigenvalue weighted by molar-refractivity contribution is 5.70. The molecule has 0 bridgehead atoms. The molecule has 0 aliphatic carbocycles. The van der Waals surface area contributed by atoms with Crippen molar-refractivity contribution in [1.82, 2.24) is 5.32 Å². The van der Waals surface area contributed by atoms with Crippen molar-refractivity contribution in [1.29, 1.82) is 0 Å². The maximum Gasteiger partial charge on any atom is 0.408 e. The summed E-state index contributed by atoms with van der Waals surface area (Å²) in [5.41, 5.74) is 0.845. The van der Waals surface area contributed by atoms with Crippen molar-refractivity contribution in [2.75, 3.05) is 13.2 Å². The zero-order valence-electron chi connectivity index (χ0n) is 11.3. The number of hydrogen-bond donors (Lipinski definition) is 3. The Kier molecular flexibility index (Phi) is 4.81. The van der Waals surface area contributed by atoms with Gasteiger partial charge in [-0.15, -0.1) is 0 Å². The number of rotatable bonds is 6. The fourth-order valence-electron chi connectivity index (χ4n) is 2.02. The normalized spacial score (nSPS) is 23.1. The predicted molar refractivity (Wildman–Crippen MR) is 71.5 cm³/mol. The SMILES string of the molecule is CC(O)CCOc1ccc(C2NC(=O)OC2CO)cc1. The molecule has 0 spiro atoms. The molecule has 0 saturated carbocycles. The molecular formula is C14H19NO5. The van der Waals surface area contributed by atoms with Crippen LogP contribution >= 0.6 is 0 Å². The number of amides is 1. The van der Waals surface area contributed by atoms with Gasteiger partial charge in [0, 0.05) is 6.42 Å². The van der Waals surface area contributed by atoms with E-state index in [9.17, 15) is 9.90 Å². The van der Waals surface area contributed by atoms with Crippen molar-refractivity contribution >= 4 is 6.09 Å². The zero-order valence-corrected chi connectivity index (χ0v) is 11.3. The van der Waals surface area contributed by atoms with E-state index in [4.69, 9.17) is 14.6 Å². The molecule has 0 aromatic heterocycles. The van der Waals surface area contributed by atoms with Gasteiger partial charge in [0.1, 0.15) is 5.75 Å². The number of carbonyl (C=O) groups excluding carboxylic acids is 1. The maximum atomic E-state index is 11.2. The predicted octanol–water partition coefficient (Wildman–Crippen LogP) is 0.978. The van der Waals surface area contributed by atoms with Crippen molar-refractivity contribution in [3.63, 3.8) is 0 Å². The van der Waals surface area contributed by atoms with E-state index in [1.54, 1.807) is 19.1 Å². The molecule has 6 heteroatoms. The number of aliphatic hydroxyl groups is 2. The van der Waals surface area contributed by atoms with Crippen molar-refractivity contribution in [2.24, 2.45) is 0 Å². The molecule has 3 N–H and O–H groups in total. The average molecular weight is 281 g/mol. The maximum absolute atomic E-state index is 11.2. The molecule has 1 heterocycles. The number of aliphatic hydroxyl groups excluding tert-OH is 2. The third-order valence-electron chi connectivity index (χ3n) is 3.13. The molecule has 1 aromatic carbocycles. The first-order valence-corrected chi connectivity index (χ1v) is 6.59. The Morgan fingerprint density at radius 1 is 1.40 bits per heavy atom. The van der Waals surface area contributed by atoms with Gasteiger partial charge in [-0.2, -0.15) is 0 Å². The highest BCUT2D eigenvalue weighted by Gasteiger charge is 2.34. The monoisotopic (exact) mass is 281 g/mol. The third-order valence-corrected chi connectivity index (χ3v) is 3.13. The summed E-state index contributed by atoms with van der Waals surface area (Å²) in [6.45, 7) is 1.93. The minimum absolute atomic E-state index is 0.226. The summed E-state index contributed by atoms with van der Waals surface area (Å²) in [6, 6.07) is 6.87. The van der Waals surface area contributed by atoms with Crippen molar-refractivity contribution in [3.8, 4) is 5.75 Å². The van der Waals surface area contributed by atoms with E-state index in [-0.39, 0.29) is 18.8 Å². The molecule has 1 aliphatic rings. The summed E-state index contributed by atoms with van der Waals surface area (Å²) >= 11 is 0. The van der Waals surface area contributed by atoms with Gasteiger partial charge in [-0.05, 0) is 24.6 Å². The number of carbonyl (C=O) groups is 1. The van der Waals surface area contributed by atoms with Crippen LogP contribution in [0.1, 0.15) is 24.9 Å². The molecule has 1 aliphatic heterocycles. The van der Waals surface area contributed by atoms with Gasteiger partial charge in [0.25, 0.3) is 0 Å². The van der Waals surface area contributed by atoms with E-state index >= 15 is 0 Å². The Morgan fingerprint density at radius 2 is 2.10 bits per heavy atom. The van der Waals surface area contributed by atoms with Crippen LogP contribution in [-0.4, -0.2) is 41.7 Å². The summed E-state index contributed by atoms with van der Waals surface area (Å²) < 4.78 is 10.4. The van der Waals surface area contributed by atoms with E-state index in [2.05, 4.69) is 5.32 Å². The van der Waals surface area contributed by atoms with Crippen LogP contribution in [0, 0.1) is 0 Å². The minimum Gasteiger partial charge on any atom is -0.493 e. The fourth-order valence-corrected chi connectivity index (χ4v) is 2.02. The van der Waals surface area contributed by atoms with Gasteiger partial charge in [-0.1, -0.05) is 12.1 Å².